The molecule has 0 spiro atoms. The van der Waals surface area contributed by atoms with Gasteiger partial charge in [0, 0.05) is 18.2 Å². The van der Waals surface area contributed by atoms with Gasteiger partial charge in [-0.15, -0.1) is 11.6 Å². The van der Waals surface area contributed by atoms with Crippen LogP contribution in [0.1, 0.15) is 12.8 Å². The molecule has 0 amide bonds. The molecule has 1 rings (SSSR count). The van der Waals surface area contributed by atoms with Crippen molar-refractivity contribution in [3.8, 4) is 0 Å². The van der Waals surface area contributed by atoms with E-state index >= 15 is 0 Å². The topological polar surface area (TPSA) is 93.1 Å². The van der Waals surface area contributed by atoms with Gasteiger partial charge in [-0.05, 0) is 0 Å². The van der Waals surface area contributed by atoms with Crippen LogP contribution >= 0.6 is 11.6 Å². The SMILES string of the molecule is O=C(O)OC1(OC(=O)O)CC(Cl)C1. The molecule has 0 aromatic heterocycles. The average Bonchev–Trinajstić information content (AvgIpc) is 1.79. The van der Waals surface area contributed by atoms with E-state index in [0.29, 0.717) is 0 Å². The monoisotopic (exact) mass is 210 g/mol. The molecule has 0 aromatic rings. The van der Waals surface area contributed by atoms with Gasteiger partial charge in [-0.2, -0.15) is 0 Å². The maximum absolute atomic E-state index is 10.2. The van der Waals surface area contributed by atoms with Gasteiger partial charge in [0.25, 0.3) is 5.79 Å². The molecular formula is C6H7ClO6. The number of carboxylic acid groups (broad SMARTS) is 2. The Balaban J connectivity index is 2.55. The van der Waals surface area contributed by atoms with Gasteiger partial charge in [0.2, 0.25) is 0 Å². The lowest BCUT2D eigenvalue weighted by atomic mass is 9.90. The van der Waals surface area contributed by atoms with Crippen molar-refractivity contribution in [1.82, 2.24) is 0 Å². The third-order valence-electron chi connectivity index (χ3n) is 1.61. The smallest absolute Gasteiger partial charge is 0.450 e. The van der Waals surface area contributed by atoms with E-state index < -0.39 is 18.1 Å². The first kappa shape index (κ1) is 9.91. The van der Waals surface area contributed by atoms with Crippen LogP contribution in [-0.4, -0.2) is 33.7 Å². The van der Waals surface area contributed by atoms with Crippen molar-refractivity contribution >= 4 is 23.9 Å². The summed E-state index contributed by atoms with van der Waals surface area (Å²) in [5, 5.41) is 16.2. The van der Waals surface area contributed by atoms with E-state index in [2.05, 4.69) is 9.47 Å². The Morgan fingerprint density at radius 3 is 1.85 bits per heavy atom. The van der Waals surface area contributed by atoms with Crippen LogP contribution in [0.3, 0.4) is 0 Å². The Labute approximate surface area is 78.0 Å². The van der Waals surface area contributed by atoms with Crippen LogP contribution in [0.15, 0.2) is 0 Å². The fraction of sp³-hybridized carbons (Fsp3) is 0.667. The molecule has 0 heterocycles. The highest BCUT2D eigenvalue weighted by Crippen LogP contribution is 2.40. The molecule has 0 aromatic carbocycles. The maximum atomic E-state index is 10.2. The molecule has 0 saturated heterocycles. The minimum atomic E-state index is -1.59. The van der Waals surface area contributed by atoms with Crippen molar-refractivity contribution < 1.29 is 29.3 Å². The van der Waals surface area contributed by atoms with Crippen molar-refractivity contribution in [2.75, 3.05) is 0 Å². The van der Waals surface area contributed by atoms with Crippen LogP contribution in [0.5, 0.6) is 0 Å². The molecule has 1 aliphatic carbocycles. The van der Waals surface area contributed by atoms with Crippen molar-refractivity contribution in [3.05, 3.63) is 0 Å². The average molecular weight is 211 g/mol. The van der Waals surface area contributed by atoms with Crippen LogP contribution in [0.25, 0.3) is 0 Å². The van der Waals surface area contributed by atoms with Gasteiger partial charge >= 0.3 is 12.3 Å². The minimum Gasteiger partial charge on any atom is -0.450 e. The van der Waals surface area contributed by atoms with E-state index in [1.165, 1.54) is 0 Å². The fourth-order valence-electron chi connectivity index (χ4n) is 1.12. The Bertz CT molecular complexity index is 215. The summed E-state index contributed by atoms with van der Waals surface area (Å²) in [6.45, 7) is 0. The summed E-state index contributed by atoms with van der Waals surface area (Å²) in [4.78, 5) is 20.3. The zero-order chi connectivity index (χ0) is 10.1. The van der Waals surface area contributed by atoms with Crippen LogP contribution in [-0.2, 0) is 9.47 Å². The van der Waals surface area contributed by atoms with E-state index in [4.69, 9.17) is 21.8 Å². The lowest BCUT2D eigenvalue weighted by molar-refractivity contribution is -0.222. The Morgan fingerprint density at radius 1 is 1.23 bits per heavy atom. The van der Waals surface area contributed by atoms with Gasteiger partial charge in [0.05, 0.1) is 0 Å². The zero-order valence-corrected chi connectivity index (χ0v) is 7.15. The van der Waals surface area contributed by atoms with Gasteiger partial charge in [0.15, 0.2) is 0 Å². The first-order chi connectivity index (χ1) is 5.93. The molecule has 2 N–H and O–H groups in total. The molecule has 0 unspecified atom stereocenters. The quantitative estimate of drug-likeness (QED) is 0.407. The molecule has 0 bridgehead atoms. The van der Waals surface area contributed by atoms with Crippen molar-refractivity contribution in [2.45, 2.75) is 24.0 Å². The molecule has 1 saturated carbocycles. The lowest BCUT2D eigenvalue weighted by Gasteiger charge is -2.40. The number of rotatable bonds is 2. The second-order valence-corrected chi connectivity index (χ2v) is 3.27. The Kier molecular flexibility index (Phi) is 2.51. The fourth-order valence-corrected chi connectivity index (χ4v) is 1.59. The molecule has 1 aliphatic rings. The van der Waals surface area contributed by atoms with Gasteiger partial charge < -0.3 is 19.7 Å². The highest BCUT2D eigenvalue weighted by molar-refractivity contribution is 6.21. The molecule has 1 fully saturated rings. The Hall–Kier alpha value is -1.17. The third kappa shape index (κ3) is 2.38. The highest BCUT2D eigenvalue weighted by atomic mass is 35.5. The van der Waals surface area contributed by atoms with E-state index in [1.54, 1.807) is 0 Å². The van der Waals surface area contributed by atoms with E-state index in [-0.39, 0.29) is 18.2 Å². The summed E-state index contributed by atoms with van der Waals surface area (Å²) < 4.78 is 8.57. The first-order valence-corrected chi connectivity index (χ1v) is 3.85. The Morgan fingerprint density at radius 2 is 1.62 bits per heavy atom. The maximum Gasteiger partial charge on any atom is 0.509 e. The summed E-state index contributed by atoms with van der Waals surface area (Å²) in [5.74, 6) is -1.59. The number of hydrogen-bond donors (Lipinski definition) is 2. The molecule has 0 aliphatic heterocycles. The van der Waals surface area contributed by atoms with Gasteiger partial charge in [0.1, 0.15) is 0 Å². The second-order valence-electron chi connectivity index (χ2n) is 2.65. The molecule has 7 heteroatoms. The van der Waals surface area contributed by atoms with E-state index in [0.717, 1.165) is 0 Å². The first-order valence-electron chi connectivity index (χ1n) is 3.41. The lowest BCUT2D eigenvalue weighted by Crippen LogP contribution is -2.51. The standard InChI is InChI=1S/C6H7ClO6/c7-3-1-6(2-3,12-4(8)9)13-5(10)11/h3H,1-2H2,(H,8,9)(H,10,11). The van der Waals surface area contributed by atoms with Gasteiger partial charge in [-0.3, -0.25) is 0 Å². The van der Waals surface area contributed by atoms with E-state index in [9.17, 15) is 9.59 Å². The molecular weight excluding hydrogens is 204 g/mol. The van der Waals surface area contributed by atoms with Crippen LogP contribution in [0, 0.1) is 0 Å². The van der Waals surface area contributed by atoms with Crippen molar-refractivity contribution in [2.24, 2.45) is 0 Å². The number of hydrogen-bond acceptors (Lipinski definition) is 4. The van der Waals surface area contributed by atoms with Crippen LogP contribution in [0.2, 0.25) is 0 Å². The molecule has 6 nitrogen and oxygen atoms in total. The van der Waals surface area contributed by atoms with Crippen LogP contribution < -0.4 is 0 Å². The predicted octanol–water partition coefficient (Wildman–Crippen LogP) is 1.47. The summed E-state index contributed by atoms with van der Waals surface area (Å²) >= 11 is 5.55. The van der Waals surface area contributed by atoms with Crippen molar-refractivity contribution in [3.63, 3.8) is 0 Å². The zero-order valence-electron chi connectivity index (χ0n) is 6.40. The molecule has 74 valence electrons. The highest BCUT2D eigenvalue weighted by Gasteiger charge is 2.51. The summed E-state index contributed by atoms with van der Waals surface area (Å²) in [6.07, 6.45) is -3.06. The normalized spacial score (nSPS) is 20.1. The molecule has 0 radical (unpaired) electrons. The third-order valence-corrected chi connectivity index (χ3v) is 1.92. The summed E-state index contributed by atoms with van der Waals surface area (Å²) in [6, 6.07) is 0. The number of alkyl halides is 1. The molecule has 0 atom stereocenters. The summed E-state index contributed by atoms with van der Waals surface area (Å²) in [7, 11) is 0. The second kappa shape index (κ2) is 3.29. The van der Waals surface area contributed by atoms with Gasteiger partial charge in [-0.25, -0.2) is 9.59 Å². The largest absolute Gasteiger partial charge is 0.509 e. The number of carbonyl (C=O) groups is 2. The number of halogens is 1. The van der Waals surface area contributed by atoms with Crippen molar-refractivity contribution in [1.29, 1.82) is 0 Å². The van der Waals surface area contributed by atoms with Crippen LogP contribution in [0.4, 0.5) is 9.59 Å². The minimum absolute atomic E-state index is 0.0488. The summed E-state index contributed by atoms with van der Waals surface area (Å²) in [5.41, 5.74) is 0. The predicted molar refractivity (Wildman–Crippen MR) is 39.8 cm³/mol. The van der Waals surface area contributed by atoms with E-state index in [1.807, 2.05) is 0 Å². The number of ether oxygens (including phenoxy) is 2. The molecule has 13 heavy (non-hydrogen) atoms. The van der Waals surface area contributed by atoms with Gasteiger partial charge in [-0.1, -0.05) is 0 Å².